The summed E-state index contributed by atoms with van der Waals surface area (Å²) in [5.41, 5.74) is 0. The minimum Gasteiger partial charge on any atom is -0.466 e. The van der Waals surface area contributed by atoms with Crippen molar-refractivity contribution < 1.29 is 24.5 Å². The number of allylic oxidation sites excluding steroid dienone is 1. The molecule has 350 valence electrons. The van der Waals surface area contributed by atoms with E-state index in [-0.39, 0.29) is 18.5 Å². The van der Waals surface area contributed by atoms with Gasteiger partial charge in [0.25, 0.3) is 0 Å². The largest absolute Gasteiger partial charge is 0.466 e. The number of ether oxygens (including phenoxy) is 1. The third-order valence-electron chi connectivity index (χ3n) is 12.3. The molecular weight excluding hydrogens is 731 g/mol. The van der Waals surface area contributed by atoms with Gasteiger partial charge in [-0.2, -0.15) is 0 Å². The van der Waals surface area contributed by atoms with E-state index >= 15 is 0 Å². The summed E-state index contributed by atoms with van der Waals surface area (Å²) >= 11 is 0. The SMILES string of the molecule is CCCCCCCCC/C=C/C(O)C(CO)NC(=O)CCCCCCCCCCCCCCCCOC(=O)CCCCCCCCCCCCCCCCCCCCC. The number of amides is 1. The first-order valence-electron chi connectivity index (χ1n) is 26.5. The van der Waals surface area contributed by atoms with Crippen LogP contribution in [0.2, 0.25) is 0 Å². The van der Waals surface area contributed by atoms with Crippen LogP contribution >= 0.6 is 0 Å². The molecule has 0 heterocycles. The summed E-state index contributed by atoms with van der Waals surface area (Å²) in [7, 11) is 0. The Hall–Kier alpha value is -1.40. The molecule has 6 heteroatoms. The first-order valence-corrected chi connectivity index (χ1v) is 26.5. The highest BCUT2D eigenvalue weighted by Crippen LogP contribution is 2.17. The maximum atomic E-state index is 12.4. The highest BCUT2D eigenvalue weighted by Gasteiger charge is 2.18. The minimum absolute atomic E-state index is 0.00101. The molecule has 0 bridgehead atoms. The van der Waals surface area contributed by atoms with Crippen LogP contribution in [0.25, 0.3) is 0 Å². The normalized spacial score (nSPS) is 12.7. The first-order chi connectivity index (χ1) is 29.0. The lowest BCUT2D eigenvalue weighted by Gasteiger charge is -2.20. The molecule has 0 aliphatic heterocycles. The number of rotatable bonds is 49. The van der Waals surface area contributed by atoms with Crippen LogP contribution in [0.15, 0.2) is 12.2 Å². The number of aliphatic hydroxyl groups is 2. The molecule has 1 amide bonds. The predicted molar refractivity (Wildman–Crippen MR) is 255 cm³/mol. The van der Waals surface area contributed by atoms with E-state index in [1.807, 2.05) is 6.08 Å². The van der Waals surface area contributed by atoms with E-state index < -0.39 is 12.1 Å². The van der Waals surface area contributed by atoms with Crippen LogP contribution in [-0.4, -0.2) is 47.4 Å². The van der Waals surface area contributed by atoms with Gasteiger partial charge in [-0.05, 0) is 32.1 Å². The smallest absolute Gasteiger partial charge is 0.305 e. The molecule has 0 aromatic heterocycles. The molecule has 0 spiro atoms. The standard InChI is InChI=1S/C53H103NO5/c1-3-5-7-9-11-13-14-15-16-17-18-19-20-24-27-31-35-39-43-47-53(58)59-48-44-40-36-32-28-25-22-21-23-26-30-34-38-42-46-52(57)54-50(49-55)51(56)45-41-37-33-29-12-10-8-6-4-2/h41,45,50-51,55-56H,3-40,42-44,46-49H2,1-2H3,(H,54,57)/b45-41+. The zero-order valence-electron chi connectivity index (χ0n) is 39.7. The van der Waals surface area contributed by atoms with Gasteiger partial charge in [-0.25, -0.2) is 0 Å². The van der Waals surface area contributed by atoms with Gasteiger partial charge in [0.1, 0.15) is 0 Å². The van der Waals surface area contributed by atoms with Crippen LogP contribution in [0.5, 0.6) is 0 Å². The number of hydrogen-bond donors (Lipinski definition) is 3. The molecule has 2 atom stereocenters. The molecule has 0 rings (SSSR count). The fourth-order valence-electron chi connectivity index (χ4n) is 8.22. The number of unbranched alkanes of at least 4 members (excludes halogenated alkanes) is 38. The van der Waals surface area contributed by atoms with Gasteiger partial charge in [0.15, 0.2) is 0 Å². The summed E-state index contributed by atoms with van der Waals surface area (Å²) < 4.78 is 5.48. The van der Waals surface area contributed by atoms with Crippen LogP contribution < -0.4 is 5.32 Å². The number of carbonyl (C=O) groups excluding carboxylic acids is 2. The van der Waals surface area contributed by atoms with Crippen LogP contribution in [0.3, 0.4) is 0 Å². The average molecular weight is 834 g/mol. The summed E-state index contributed by atoms with van der Waals surface area (Å²) in [6.45, 7) is 4.86. The van der Waals surface area contributed by atoms with Gasteiger partial charge in [0.05, 0.1) is 25.4 Å². The third kappa shape index (κ3) is 45.9. The van der Waals surface area contributed by atoms with Crippen LogP contribution in [0.1, 0.15) is 290 Å². The second kappa shape index (κ2) is 49.3. The van der Waals surface area contributed by atoms with Gasteiger partial charge in [-0.15, -0.1) is 0 Å². The first kappa shape index (κ1) is 57.6. The van der Waals surface area contributed by atoms with Crippen molar-refractivity contribution in [3.05, 3.63) is 12.2 Å². The van der Waals surface area contributed by atoms with Crippen molar-refractivity contribution in [2.75, 3.05) is 13.2 Å². The second-order valence-corrected chi connectivity index (χ2v) is 18.2. The van der Waals surface area contributed by atoms with E-state index in [0.717, 1.165) is 57.8 Å². The zero-order valence-corrected chi connectivity index (χ0v) is 39.7. The van der Waals surface area contributed by atoms with Crippen molar-refractivity contribution in [1.29, 1.82) is 0 Å². The Morgan fingerprint density at radius 1 is 0.458 bits per heavy atom. The van der Waals surface area contributed by atoms with Crippen LogP contribution in [0.4, 0.5) is 0 Å². The number of hydrogen-bond acceptors (Lipinski definition) is 5. The molecule has 0 aliphatic rings. The average Bonchev–Trinajstić information content (AvgIpc) is 3.24. The molecule has 0 fully saturated rings. The number of esters is 1. The Morgan fingerprint density at radius 2 is 0.780 bits per heavy atom. The van der Waals surface area contributed by atoms with Gasteiger partial charge < -0.3 is 20.3 Å². The fourth-order valence-corrected chi connectivity index (χ4v) is 8.22. The third-order valence-corrected chi connectivity index (χ3v) is 12.3. The molecule has 2 unspecified atom stereocenters. The molecule has 3 N–H and O–H groups in total. The Kier molecular flexibility index (Phi) is 48.1. The van der Waals surface area contributed by atoms with Crippen molar-refractivity contribution in [2.45, 2.75) is 302 Å². The lowest BCUT2D eigenvalue weighted by Crippen LogP contribution is -2.45. The van der Waals surface area contributed by atoms with Gasteiger partial charge in [-0.3, -0.25) is 9.59 Å². The minimum atomic E-state index is -0.848. The maximum Gasteiger partial charge on any atom is 0.305 e. The summed E-state index contributed by atoms with van der Waals surface area (Å²) in [5.74, 6) is -0.0792. The van der Waals surface area contributed by atoms with Crippen molar-refractivity contribution in [2.24, 2.45) is 0 Å². The number of nitrogens with one attached hydrogen (secondary N) is 1. The van der Waals surface area contributed by atoms with Crippen molar-refractivity contribution in [3.8, 4) is 0 Å². The topological polar surface area (TPSA) is 95.9 Å². The van der Waals surface area contributed by atoms with Gasteiger partial charge >= 0.3 is 5.97 Å². The highest BCUT2D eigenvalue weighted by molar-refractivity contribution is 5.76. The summed E-state index contributed by atoms with van der Waals surface area (Å²) in [6.07, 6.45) is 56.5. The monoisotopic (exact) mass is 834 g/mol. The molecule has 0 aromatic carbocycles. The molecule has 6 nitrogen and oxygen atoms in total. The number of aliphatic hydroxyl groups excluding tert-OH is 2. The second-order valence-electron chi connectivity index (χ2n) is 18.2. The van der Waals surface area contributed by atoms with E-state index in [4.69, 9.17) is 4.74 Å². The van der Waals surface area contributed by atoms with E-state index in [2.05, 4.69) is 19.2 Å². The molecule has 0 aromatic rings. The summed E-state index contributed by atoms with van der Waals surface area (Å²) in [5, 5.41) is 22.9. The Labute approximate surface area is 368 Å². The Bertz CT molecular complexity index is 878. The molecule has 0 saturated carbocycles. The van der Waals surface area contributed by atoms with E-state index in [1.54, 1.807) is 6.08 Å². The van der Waals surface area contributed by atoms with Gasteiger partial charge in [0.2, 0.25) is 5.91 Å². The predicted octanol–water partition coefficient (Wildman–Crippen LogP) is 15.7. The van der Waals surface area contributed by atoms with E-state index in [1.165, 1.54) is 205 Å². The van der Waals surface area contributed by atoms with E-state index in [9.17, 15) is 19.8 Å². The molecular formula is C53H103NO5. The molecule has 0 saturated heterocycles. The van der Waals surface area contributed by atoms with Gasteiger partial charge in [-0.1, -0.05) is 257 Å². The molecule has 59 heavy (non-hydrogen) atoms. The van der Waals surface area contributed by atoms with Crippen LogP contribution in [0, 0.1) is 0 Å². The van der Waals surface area contributed by atoms with Gasteiger partial charge in [0, 0.05) is 12.8 Å². The van der Waals surface area contributed by atoms with Crippen molar-refractivity contribution >= 4 is 11.9 Å². The number of carbonyl (C=O) groups is 2. The maximum absolute atomic E-state index is 12.4. The quantitative estimate of drug-likeness (QED) is 0.0322. The lowest BCUT2D eigenvalue weighted by molar-refractivity contribution is -0.143. The lowest BCUT2D eigenvalue weighted by atomic mass is 10.0. The summed E-state index contributed by atoms with van der Waals surface area (Å²) in [4.78, 5) is 24.4. The zero-order chi connectivity index (χ0) is 43.0. The van der Waals surface area contributed by atoms with Crippen molar-refractivity contribution in [3.63, 3.8) is 0 Å². The highest BCUT2D eigenvalue weighted by atomic mass is 16.5. The van der Waals surface area contributed by atoms with Crippen LogP contribution in [-0.2, 0) is 14.3 Å². The fraction of sp³-hybridized carbons (Fsp3) is 0.925. The molecule has 0 aliphatic carbocycles. The molecule has 0 radical (unpaired) electrons. The van der Waals surface area contributed by atoms with Crippen molar-refractivity contribution in [1.82, 2.24) is 5.32 Å². The Morgan fingerprint density at radius 3 is 1.15 bits per heavy atom. The summed E-state index contributed by atoms with van der Waals surface area (Å²) in [6, 6.07) is -0.632. The van der Waals surface area contributed by atoms with E-state index in [0.29, 0.717) is 19.4 Å². The Balaban J connectivity index is 3.39.